The summed E-state index contributed by atoms with van der Waals surface area (Å²) >= 11 is 10.9. The van der Waals surface area contributed by atoms with Crippen LogP contribution in [0.1, 0.15) is 36.5 Å². The van der Waals surface area contributed by atoms with E-state index in [1.54, 1.807) is 28.8 Å². The maximum atomic E-state index is 12.6. The van der Waals surface area contributed by atoms with E-state index in [2.05, 4.69) is 20.8 Å². The van der Waals surface area contributed by atoms with Crippen molar-refractivity contribution in [3.05, 3.63) is 45.4 Å². The molecular formula is C18H24ClN5O2S. The van der Waals surface area contributed by atoms with Crippen LogP contribution < -0.4 is 10.6 Å². The lowest BCUT2D eigenvalue weighted by Gasteiger charge is -2.23. The fraction of sp³-hybridized carbons (Fsp3) is 0.444. The van der Waals surface area contributed by atoms with E-state index in [4.69, 9.17) is 23.8 Å². The first-order valence-corrected chi connectivity index (χ1v) is 9.56. The maximum absolute atomic E-state index is 12.6. The van der Waals surface area contributed by atoms with E-state index in [-0.39, 0.29) is 17.7 Å². The summed E-state index contributed by atoms with van der Waals surface area (Å²) in [4.78, 5) is 25.1. The minimum Gasteiger partial charge on any atom is -0.354 e. The van der Waals surface area contributed by atoms with Crippen molar-refractivity contribution in [1.82, 2.24) is 25.4 Å². The molecule has 146 valence electrons. The van der Waals surface area contributed by atoms with Crippen LogP contribution in [0, 0.1) is 10.7 Å². The van der Waals surface area contributed by atoms with Crippen LogP contribution in [0.5, 0.6) is 0 Å². The van der Waals surface area contributed by atoms with Gasteiger partial charge in [-0.05, 0) is 42.4 Å². The number of carbonyl (C=O) groups is 2. The number of benzene rings is 1. The van der Waals surface area contributed by atoms with E-state index < -0.39 is 6.04 Å². The molecule has 2 unspecified atom stereocenters. The molecule has 0 fully saturated rings. The molecule has 0 saturated carbocycles. The van der Waals surface area contributed by atoms with Crippen LogP contribution >= 0.6 is 23.8 Å². The highest BCUT2D eigenvalue weighted by molar-refractivity contribution is 7.71. The van der Waals surface area contributed by atoms with Crippen molar-refractivity contribution in [2.45, 2.75) is 32.7 Å². The minimum atomic E-state index is -0.624. The second kappa shape index (κ2) is 9.66. The smallest absolute Gasteiger partial charge is 0.251 e. The van der Waals surface area contributed by atoms with Gasteiger partial charge >= 0.3 is 0 Å². The van der Waals surface area contributed by atoms with Crippen molar-refractivity contribution in [2.24, 2.45) is 13.0 Å². The third-order valence-electron chi connectivity index (χ3n) is 4.51. The summed E-state index contributed by atoms with van der Waals surface area (Å²) in [5, 5.41) is 13.1. The molecule has 0 saturated heterocycles. The molecule has 0 aliphatic heterocycles. The fourth-order valence-electron chi connectivity index (χ4n) is 2.54. The van der Waals surface area contributed by atoms with Crippen LogP contribution in [0.4, 0.5) is 0 Å². The monoisotopic (exact) mass is 409 g/mol. The van der Waals surface area contributed by atoms with E-state index in [1.807, 2.05) is 20.9 Å². The molecular weight excluding hydrogens is 386 g/mol. The van der Waals surface area contributed by atoms with Crippen molar-refractivity contribution in [2.75, 3.05) is 6.54 Å². The Hall–Kier alpha value is -2.19. The highest BCUT2D eigenvalue weighted by Gasteiger charge is 2.26. The molecule has 9 heteroatoms. The normalized spacial score (nSPS) is 13.0. The Bertz CT molecular complexity index is 846. The standard InChI is InChI=1S/C18H24ClN5O2S/c1-4-11(2)15(21-16(25)12-5-7-13(19)8-6-12)17(26)20-10-9-14-22-23-18(27)24(14)3/h5-8,11,15H,4,9-10H2,1-3H3,(H,20,26)(H,21,25)(H,23,27). The zero-order valence-electron chi connectivity index (χ0n) is 15.6. The molecule has 1 heterocycles. The first-order chi connectivity index (χ1) is 12.8. The summed E-state index contributed by atoms with van der Waals surface area (Å²) in [6.45, 7) is 4.31. The number of rotatable bonds is 8. The van der Waals surface area contributed by atoms with E-state index >= 15 is 0 Å². The van der Waals surface area contributed by atoms with Crippen molar-refractivity contribution in [3.63, 3.8) is 0 Å². The lowest BCUT2D eigenvalue weighted by Crippen LogP contribution is -2.50. The van der Waals surface area contributed by atoms with E-state index in [0.29, 0.717) is 28.3 Å². The van der Waals surface area contributed by atoms with Gasteiger partial charge < -0.3 is 15.2 Å². The summed E-state index contributed by atoms with van der Waals surface area (Å²) in [5.41, 5.74) is 0.460. The summed E-state index contributed by atoms with van der Waals surface area (Å²) in [7, 11) is 1.82. The van der Waals surface area contributed by atoms with E-state index in [9.17, 15) is 9.59 Å². The Morgan fingerprint density at radius 2 is 2.00 bits per heavy atom. The quantitative estimate of drug-likeness (QED) is 0.584. The van der Waals surface area contributed by atoms with E-state index in [0.717, 1.165) is 12.2 Å². The van der Waals surface area contributed by atoms with Gasteiger partial charge in [0.25, 0.3) is 5.91 Å². The summed E-state index contributed by atoms with van der Waals surface area (Å²) in [6.07, 6.45) is 1.29. The molecule has 7 nitrogen and oxygen atoms in total. The van der Waals surface area contributed by atoms with Gasteiger partial charge in [-0.1, -0.05) is 31.9 Å². The van der Waals surface area contributed by atoms with Crippen molar-refractivity contribution in [3.8, 4) is 0 Å². The van der Waals surface area contributed by atoms with Gasteiger partial charge in [0.2, 0.25) is 5.91 Å². The number of aromatic amines is 1. The lowest BCUT2D eigenvalue weighted by atomic mass is 9.97. The average Bonchev–Trinajstić information content (AvgIpc) is 2.98. The molecule has 2 aromatic rings. The Labute approximate surface area is 168 Å². The van der Waals surface area contributed by atoms with Crippen molar-refractivity contribution >= 4 is 35.6 Å². The Balaban J connectivity index is 1.98. The molecule has 27 heavy (non-hydrogen) atoms. The molecule has 0 radical (unpaired) electrons. The van der Waals surface area contributed by atoms with Crippen LogP contribution in [-0.4, -0.2) is 39.2 Å². The van der Waals surface area contributed by atoms with Crippen LogP contribution in [0.2, 0.25) is 5.02 Å². The van der Waals surface area contributed by atoms with Crippen molar-refractivity contribution < 1.29 is 9.59 Å². The van der Waals surface area contributed by atoms with Crippen LogP contribution in [0.15, 0.2) is 24.3 Å². The molecule has 3 N–H and O–H groups in total. The minimum absolute atomic E-state index is 0.0120. The summed E-state index contributed by atoms with van der Waals surface area (Å²) < 4.78 is 2.29. The number of aromatic nitrogens is 3. The number of hydrogen-bond donors (Lipinski definition) is 3. The predicted molar refractivity (Wildman–Crippen MR) is 107 cm³/mol. The zero-order chi connectivity index (χ0) is 20.0. The van der Waals surface area contributed by atoms with Gasteiger partial charge in [0.15, 0.2) is 4.77 Å². The number of hydrogen-bond acceptors (Lipinski definition) is 4. The summed E-state index contributed by atoms with van der Waals surface area (Å²) in [6, 6.07) is 5.93. The second-order valence-electron chi connectivity index (χ2n) is 6.39. The number of nitrogens with zero attached hydrogens (tertiary/aromatic N) is 2. The number of carbonyl (C=O) groups excluding carboxylic acids is 2. The van der Waals surface area contributed by atoms with Gasteiger partial charge in [-0.25, -0.2) is 0 Å². The molecule has 0 aliphatic carbocycles. The molecule has 0 aliphatic rings. The third-order valence-corrected chi connectivity index (χ3v) is 5.13. The van der Waals surface area contributed by atoms with Gasteiger partial charge in [-0.15, -0.1) is 0 Å². The van der Waals surface area contributed by atoms with Crippen LogP contribution in [-0.2, 0) is 18.3 Å². The van der Waals surface area contributed by atoms with Gasteiger partial charge in [0.1, 0.15) is 11.9 Å². The van der Waals surface area contributed by atoms with Crippen LogP contribution in [0.25, 0.3) is 0 Å². The molecule has 1 aromatic carbocycles. The SMILES string of the molecule is CCC(C)C(NC(=O)c1ccc(Cl)cc1)C(=O)NCCc1n[nH]c(=S)n1C. The van der Waals surface area contributed by atoms with Gasteiger partial charge in [-0.3, -0.25) is 14.7 Å². The molecule has 0 bridgehead atoms. The lowest BCUT2D eigenvalue weighted by molar-refractivity contribution is -0.124. The Morgan fingerprint density at radius 3 is 2.56 bits per heavy atom. The Kier molecular flexibility index (Phi) is 7.55. The third kappa shape index (κ3) is 5.64. The second-order valence-corrected chi connectivity index (χ2v) is 7.21. The molecule has 1 aromatic heterocycles. The maximum Gasteiger partial charge on any atom is 0.251 e. The first kappa shape index (κ1) is 21.1. The first-order valence-electron chi connectivity index (χ1n) is 8.77. The average molecular weight is 410 g/mol. The molecule has 2 rings (SSSR count). The number of H-pyrrole nitrogens is 1. The van der Waals surface area contributed by atoms with E-state index in [1.165, 1.54) is 0 Å². The van der Waals surface area contributed by atoms with Gasteiger partial charge in [0.05, 0.1) is 0 Å². The topological polar surface area (TPSA) is 91.8 Å². The highest BCUT2D eigenvalue weighted by atomic mass is 35.5. The summed E-state index contributed by atoms with van der Waals surface area (Å²) in [5.74, 6) is 0.220. The predicted octanol–water partition coefficient (Wildman–Crippen LogP) is 2.63. The molecule has 2 atom stereocenters. The number of nitrogens with one attached hydrogen (secondary N) is 3. The van der Waals surface area contributed by atoms with Crippen molar-refractivity contribution in [1.29, 1.82) is 0 Å². The van der Waals surface area contributed by atoms with Crippen LogP contribution in [0.3, 0.4) is 0 Å². The molecule has 0 spiro atoms. The molecule has 2 amide bonds. The van der Waals surface area contributed by atoms with Gasteiger partial charge in [-0.2, -0.15) is 5.10 Å². The number of halogens is 1. The number of amides is 2. The Morgan fingerprint density at radius 1 is 1.33 bits per heavy atom. The van der Waals surface area contributed by atoms with Gasteiger partial charge in [0, 0.05) is 30.6 Å². The zero-order valence-corrected chi connectivity index (χ0v) is 17.2. The largest absolute Gasteiger partial charge is 0.354 e. The highest BCUT2D eigenvalue weighted by Crippen LogP contribution is 2.12. The fourth-order valence-corrected chi connectivity index (χ4v) is 2.82.